The highest BCUT2D eigenvalue weighted by Gasteiger charge is 2.16. The molecule has 0 bridgehead atoms. The fourth-order valence-electron chi connectivity index (χ4n) is 2.30. The van der Waals surface area contributed by atoms with Gasteiger partial charge in [0.15, 0.2) is 0 Å². The number of ether oxygens (including phenoxy) is 1. The molecule has 0 saturated heterocycles. The van der Waals surface area contributed by atoms with E-state index in [1.807, 2.05) is 6.92 Å². The van der Waals surface area contributed by atoms with Gasteiger partial charge in [-0.15, -0.1) is 0 Å². The van der Waals surface area contributed by atoms with Crippen molar-refractivity contribution in [3.8, 4) is 0 Å². The fraction of sp³-hybridized carbons (Fsp3) is 0.733. The summed E-state index contributed by atoms with van der Waals surface area (Å²) in [6.07, 6.45) is 5.42. The van der Waals surface area contributed by atoms with Crippen LogP contribution in [0, 0.1) is 12.8 Å². The molecular weight excluding hydrogens is 226 g/mol. The maximum absolute atomic E-state index is 5.69. The van der Waals surface area contributed by atoms with E-state index in [0.29, 0.717) is 6.61 Å². The molecule has 1 aliphatic rings. The Morgan fingerprint density at radius 3 is 2.94 bits per heavy atom. The lowest BCUT2D eigenvalue weighted by Gasteiger charge is -2.24. The van der Waals surface area contributed by atoms with Gasteiger partial charge in [0, 0.05) is 18.7 Å². The number of aryl methyl sites for hydroxylation is 1. The van der Waals surface area contributed by atoms with Crippen LogP contribution in [0.3, 0.4) is 0 Å². The van der Waals surface area contributed by atoms with Crippen molar-refractivity contribution < 1.29 is 9.15 Å². The molecule has 1 heterocycles. The first-order valence-corrected chi connectivity index (χ1v) is 7.16. The molecule has 0 unspecified atom stereocenters. The molecule has 2 rings (SSSR count). The second-order valence-electron chi connectivity index (χ2n) is 5.21. The van der Waals surface area contributed by atoms with Gasteiger partial charge < -0.3 is 14.5 Å². The highest BCUT2D eigenvalue weighted by molar-refractivity contribution is 5.20. The smallest absolute Gasteiger partial charge is 0.130 e. The van der Waals surface area contributed by atoms with Crippen LogP contribution in [0.5, 0.6) is 0 Å². The van der Waals surface area contributed by atoms with Crippen LogP contribution < -0.4 is 5.32 Å². The van der Waals surface area contributed by atoms with Crippen LogP contribution in [-0.4, -0.2) is 13.2 Å². The van der Waals surface area contributed by atoms with Gasteiger partial charge >= 0.3 is 0 Å². The van der Waals surface area contributed by atoms with Gasteiger partial charge in [0.2, 0.25) is 0 Å². The Morgan fingerprint density at radius 1 is 1.44 bits per heavy atom. The average Bonchev–Trinajstić information content (AvgIpc) is 2.64. The Hall–Kier alpha value is -0.800. The Kier molecular flexibility index (Phi) is 5.26. The SMILES string of the molecule is CCNCc1cc(COCCC2CCC2)oc1C. The van der Waals surface area contributed by atoms with E-state index in [1.165, 1.54) is 31.2 Å². The predicted molar refractivity (Wildman–Crippen MR) is 72.4 cm³/mol. The van der Waals surface area contributed by atoms with E-state index in [-0.39, 0.29) is 0 Å². The highest BCUT2D eigenvalue weighted by atomic mass is 16.5. The van der Waals surface area contributed by atoms with Crippen LogP contribution in [0.15, 0.2) is 10.5 Å². The summed E-state index contributed by atoms with van der Waals surface area (Å²) in [5.74, 6) is 2.88. The van der Waals surface area contributed by atoms with E-state index in [9.17, 15) is 0 Å². The molecule has 18 heavy (non-hydrogen) atoms. The van der Waals surface area contributed by atoms with E-state index < -0.39 is 0 Å². The third-order valence-corrected chi connectivity index (χ3v) is 3.78. The van der Waals surface area contributed by atoms with E-state index in [4.69, 9.17) is 9.15 Å². The molecule has 0 radical (unpaired) electrons. The number of rotatable bonds is 8. The van der Waals surface area contributed by atoms with Crippen LogP contribution in [0.25, 0.3) is 0 Å². The van der Waals surface area contributed by atoms with Crippen LogP contribution in [0.2, 0.25) is 0 Å². The zero-order valence-corrected chi connectivity index (χ0v) is 11.6. The number of nitrogens with one attached hydrogen (secondary N) is 1. The number of hydrogen-bond donors (Lipinski definition) is 1. The summed E-state index contributed by atoms with van der Waals surface area (Å²) in [5, 5.41) is 3.32. The van der Waals surface area contributed by atoms with Gasteiger partial charge in [-0.2, -0.15) is 0 Å². The minimum Gasteiger partial charge on any atom is -0.464 e. The largest absolute Gasteiger partial charge is 0.464 e. The summed E-state index contributed by atoms with van der Waals surface area (Å²) in [6.45, 7) is 7.48. The molecule has 1 N–H and O–H groups in total. The quantitative estimate of drug-likeness (QED) is 0.719. The molecule has 1 saturated carbocycles. The van der Waals surface area contributed by atoms with Gasteiger partial charge in [0.1, 0.15) is 18.1 Å². The van der Waals surface area contributed by atoms with E-state index >= 15 is 0 Å². The first kappa shape index (κ1) is 13.6. The van der Waals surface area contributed by atoms with Crippen LogP contribution >= 0.6 is 0 Å². The third-order valence-electron chi connectivity index (χ3n) is 3.78. The van der Waals surface area contributed by atoms with E-state index in [2.05, 4.69) is 18.3 Å². The lowest BCUT2D eigenvalue weighted by molar-refractivity contribution is 0.0832. The zero-order chi connectivity index (χ0) is 12.8. The molecule has 3 heteroatoms. The lowest BCUT2D eigenvalue weighted by atomic mass is 9.83. The van der Waals surface area contributed by atoms with Crippen molar-refractivity contribution in [3.63, 3.8) is 0 Å². The van der Waals surface area contributed by atoms with Gasteiger partial charge in [-0.25, -0.2) is 0 Å². The van der Waals surface area contributed by atoms with Gasteiger partial charge in [-0.1, -0.05) is 26.2 Å². The molecule has 1 aromatic heterocycles. The van der Waals surface area contributed by atoms with E-state index in [0.717, 1.165) is 37.1 Å². The van der Waals surface area contributed by atoms with Crippen molar-refractivity contribution in [2.24, 2.45) is 5.92 Å². The summed E-state index contributed by atoms with van der Waals surface area (Å²) >= 11 is 0. The van der Waals surface area contributed by atoms with Crippen molar-refractivity contribution in [2.75, 3.05) is 13.2 Å². The summed E-state index contributed by atoms with van der Waals surface area (Å²) in [7, 11) is 0. The second-order valence-corrected chi connectivity index (χ2v) is 5.21. The highest BCUT2D eigenvalue weighted by Crippen LogP contribution is 2.29. The standard InChI is InChI=1S/C15H25NO2/c1-3-16-10-14-9-15(18-12(14)2)11-17-8-7-13-5-4-6-13/h9,13,16H,3-8,10-11H2,1-2H3. The summed E-state index contributed by atoms with van der Waals surface area (Å²) in [5.41, 5.74) is 1.24. The molecule has 0 atom stereocenters. The number of hydrogen-bond acceptors (Lipinski definition) is 3. The maximum atomic E-state index is 5.69. The third kappa shape index (κ3) is 3.85. The topological polar surface area (TPSA) is 34.4 Å². The molecule has 3 nitrogen and oxygen atoms in total. The Balaban J connectivity index is 1.68. The first-order chi connectivity index (χ1) is 8.79. The summed E-state index contributed by atoms with van der Waals surface area (Å²) < 4.78 is 11.4. The van der Waals surface area contributed by atoms with E-state index in [1.54, 1.807) is 0 Å². The lowest BCUT2D eigenvalue weighted by Crippen LogP contribution is -2.13. The first-order valence-electron chi connectivity index (χ1n) is 7.16. The Morgan fingerprint density at radius 2 is 2.28 bits per heavy atom. The zero-order valence-electron chi connectivity index (χ0n) is 11.6. The number of furan rings is 1. The molecule has 1 fully saturated rings. The van der Waals surface area contributed by atoms with Gasteiger partial charge in [0.05, 0.1) is 0 Å². The normalized spacial score (nSPS) is 15.9. The molecule has 0 amide bonds. The van der Waals surface area contributed by atoms with Crippen molar-refractivity contribution in [3.05, 3.63) is 23.2 Å². The van der Waals surface area contributed by atoms with Gasteiger partial charge in [-0.05, 0) is 31.9 Å². The average molecular weight is 251 g/mol. The monoisotopic (exact) mass is 251 g/mol. The molecule has 0 aromatic carbocycles. The van der Waals surface area contributed by atoms with Crippen molar-refractivity contribution >= 4 is 0 Å². The maximum Gasteiger partial charge on any atom is 0.130 e. The van der Waals surface area contributed by atoms with Gasteiger partial charge in [0.25, 0.3) is 0 Å². The fourth-order valence-corrected chi connectivity index (χ4v) is 2.30. The van der Waals surface area contributed by atoms with Crippen molar-refractivity contribution in [1.29, 1.82) is 0 Å². The van der Waals surface area contributed by atoms with Crippen LogP contribution in [-0.2, 0) is 17.9 Å². The second kappa shape index (κ2) is 6.95. The Bertz CT molecular complexity index is 355. The molecule has 102 valence electrons. The predicted octanol–water partition coefficient (Wildman–Crippen LogP) is 3.40. The van der Waals surface area contributed by atoms with Gasteiger partial charge in [-0.3, -0.25) is 0 Å². The summed E-state index contributed by atoms with van der Waals surface area (Å²) in [4.78, 5) is 0. The Labute approximate surface area is 110 Å². The molecular formula is C15H25NO2. The van der Waals surface area contributed by atoms with Crippen LogP contribution in [0.1, 0.15) is 49.7 Å². The van der Waals surface area contributed by atoms with Crippen LogP contribution in [0.4, 0.5) is 0 Å². The minimum absolute atomic E-state index is 0.611. The minimum atomic E-state index is 0.611. The summed E-state index contributed by atoms with van der Waals surface area (Å²) in [6, 6.07) is 2.11. The van der Waals surface area contributed by atoms with Crippen molar-refractivity contribution in [2.45, 2.75) is 52.7 Å². The molecule has 1 aliphatic carbocycles. The molecule has 0 aliphatic heterocycles. The van der Waals surface area contributed by atoms with Crippen molar-refractivity contribution in [1.82, 2.24) is 5.32 Å². The molecule has 0 spiro atoms. The molecule has 1 aromatic rings.